The summed E-state index contributed by atoms with van der Waals surface area (Å²) in [5.74, 6) is 1.21. The van der Waals surface area contributed by atoms with Crippen LogP contribution >= 0.6 is 0 Å². The monoisotopic (exact) mass is 1040 g/mol. The summed E-state index contributed by atoms with van der Waals surface area (Å²) in [6.07, 6.45) is 1.80. The molecule has 0 unspecified atom stereocenters. The number of nitrogens with zero attached hydrogens (tertiary/aromatic N) is 3. The second-order valence-electron chi connectivity index (χ2n) is 20.7. The van der Waals surface area contributed by atoms with Crippen molar-refractivity contribution in [1.82, 2.24) is 14.5 Å². The Balaban J connectivity index is 0.00000684. The molecule has 5 heteroatoms. The minimum atomic E-state index is -2.17. The predicted octanol–water partition coefficient (Wildman–Crippen LogP) is 16.4. The van der Waals surface area contributed by atoms with Crippen LogP contribution in [-0.4, -0.2) is 19.6 Å². The number of imidazole rings is 1. The van der Waals surface area contributed by atoms with E-state index in [2.05, 4.69) is 185 Å². The fourth-order valence-corrected chi connectivity index (χ4v) is 8.47. The summed E-state index contributed by atoms with van der Waals surface area (Å²) in [7, 11) is 0. The number of aromatic nitrogens is 3. The molecular weight excluding hydrogens is 974 g/mol. The van der Waals surface area contributed by atoms with Gasteiger partial charge in [0.05, 0.1) is 22.3 Å². The number of para-hydroxylation sites is 1. The molecule has 0 saturated heterocycles. The van der Waals surface area contributed by atoms with Gasteiger partial charge in [0.1, 0.15) is 11.6 Å². The van der Waals surface area contributed by atoms with Crippen molar-refractivity contribution < 1.29 is 30.3 Å². The van der Waals surface area contributed by atoms with E-state index in [4.69, 9.17) is 14.1 Å². The number of aryl methyl sites for hydroxylation is 1. The number of fused-ring (bicyclic) bond motifs is 1. The zero-order valence-electron chi connectivity index (χ0n) is 43.0. The molecule has 1 N–H and O–H groups in total. The number of hydrogen-bond donors (Lipinski definition) is 1. The van der Waals surface area contributed by atoms with Gasteiger partial charge in [-0.15, -0.1) is 29.3 Å². The summed E-state index contributed by atoms with van der Waals surface area (Å²) in [5, 5.41) is 12.4. The van der Waals surface area contributed by atoms with Crippen LogP contribution < -0.4 is 0 Å². The van der Waals surface area contributed by atoms with Gasteiger partial charge in [-0.1, -0.05) is 185 Å². The molecule has 8 rings (SSSR count). The standard InChI is InChI=1S/C60H64N3O.Pt/c1-37(2)43-33-49(38(3)4)56(64)51(34-43)57-62-55-48(44-30-45(32-47(31-44)58(6,7)8)52-35-42(28-29-61-52)40-24-22-39(5)23-25-40)20-17-21-54(55)63(57)53-27-26-46(60(12,13)59(9,10)11)36-50(53)41-18-15-14-16-19-41;/h14-29,31-38,64H,1-13H3;/q-1;/i5D3;. The molecule has 336 valence electrons. The van der Waals surface area contributed by atoms with E-state index in [1.165, 1.54) is 5.56 Å². The molecule has 8 aromatic rings. The number of rotatable bonds is 9. The number of phenols is 1. The Bertz CT molecular complexity index is 3110. The van der Waals surface area contributed by atoms with E-state index in [0.29, 0.717) is 17.0 Å². The zero-order chi connectivity index (χ0) is 48.4. The van der Waals surface area contributed by atoms with Crippen LogP contribution in [0.1, 0.15) is 127 Å². The number of phenolic OH excluding ortho intramolecular Hbond substituents is 1. The van der Waals surface area contributed by atoms with Crippen LogP contribution in [0.25, 0.3) is 72.7 Å². The summed E-state index contributed by atoms with van der Waals surface area (Å²) in [6, 6.07) is 47.4. The van der Waals surface area contributed by atoms with E-state index in [1.807, 2.05) is 24.3 Å². The van der Waals surface area contributed by atoms with Crippen LogP contribution in [0.15, 0.2) is 134 Å². The smallest absolute Gasteiger partial charge is 0.148 e. The van der Waals surface area contributed by atoms with Gasteiger partial charge < -0.3 is 5.11 Å². The molecule has 4 nitrogen and oxygen atoms in total. The third-order valence-corrected chi connectivity index (χ3v) is 13.6. The molecule has 65 heavy (non-hydrogen) atoms. The number of aromatic hydroxyl groups is 1. The quantitative estimate of drug-likeness (QED) is 0.147. The molecule has 0 spiro atoms. The second kappa shape index (κ2) is 18.0. The fraction of sp³-hybridized carbons (Fsp3) is 0.300. The Morgan fingerprint density at radius 2 is 1.34 bits per heavy atom. The molecule has 0 bridgehead atoms. The van der Waals surface area contributed by atoms with E-state index < -0.39 is 6.85 Å². The third kappa shape index (κ3) is 9.17. The Labute approximate surface area is 406 Å². The van der Waals surface area contributed by atoms with Crippen LogP contribution in [0.4, 0.5) is 0 Å². The number of benzene rings is 6. The van der Waals surface area contributed by atoms with Gasteiger partial charge >= 0.3 is 0 Å². The summed E-state index contributed by atoms with van der Waals surface area (Å²) in [6.45, 7) is 24.7. The maximum Gasteiger partial charge on any atom is 0.148 e. The van der Waals surface area contributed by atoms with Crippen LogP contribution in [0.3, 0.4) is 0 Å². The van der Waals surface area contributed by atoms with Gasteiger partial charge in [0.2, 0.25) is 0 Å². The van der Waals surface area contributed by atoms with Crippen molar-refractivity contribution in [1.29, 1.82) is 0 Å². The molecule has 0 aliphatic carbocycles. The summed E-state index contributed by atoms with van der Waals surface area (Å²) in [4.78, 5) is 10.5. The topological polar surface area (TPSA) is 50.9 Å². The first-order valence-corrected chi connectivity index (χ1v) is 22.7. The van der Waals surface area contributed by atoms with E-state index in [9.17, 15) is 5.11 Å². The number of pyridine rings is 1. The SMILES string of the molecule is [2H]C([2H])([2H])c1ccc(-c2ccnc(-c3[c-]c(-c4cccc5c4nc(-c4cc(C(C)C)cc(C(C)C)c4O)n5-c4ccc(C(C)(C)C(C)(C)C)cc4-c4ccccc4)cc(C(C)(C)C)c3)c2)cc1.[Pt]. The summed E-state index contributed by atoms with van der Waals surface area (Å²) in [5.41, 5.74) is 15.1. The van der Waals surface area contributed by atoms with E-state index in [1.54, 1.807) is 18.3 Å². The maximum absolute atomic E-state index is 12.4. The van der Waals surface area contributed by atoms with Crippen molar-refractivity contribution in [3.05, 3.63) is 167 Å². The van der Waals surface area contributed by atoms with Gasteiger partial charge in [0.15, 0.2) is 0 Å². The minimum absolute atomic E-state index is 0. The van der Waals surface area contributed by atoms with Gasteiger partial charge in [-0.05, 0) is 98.6 Å². The first kappa shape index (κ1) is 43.3. The Morgan fingerprint density at radius 1 is 0.631 bits per heavy atom. The Hall–Kier alpha value is -5.57. The second-order valence-corrected chi connectivity index (χ2v) is 20.7. The first-order valence-electron chi connectivity index (χ1n) is 24.2. The van der Waals surface area contributed by atoms with Crippen molar-refractivity contribution in [3.63, 3.8) is 0 Å². The number of hydrogen-bond acceptors (Lipinski definition) is 3. The molecule has 0 aliphatic heterocycles. The average Bonchev–Trinajstić information content (AvgIpc) is 3.67. The van der Waals surface area contributed by atoms with Gasteiger partial charge in [-0.2, -0.15) is 0 Å². The molecule has 0 fully saturated rings. The third-order valence-electron chi connectivity index (χ3n) is 13.6. The zero-order valence-corrected chi connectivity index (χ0v) is 42.2. The minimum Gasteiger partial charge on any atom is -0.507 e. The Kier molecular flexibility index (Phi) is 12.0. The van der Waals surface area contributed by atoms with Gasteiger partial charge in [-0.3, -0.25) is 9.55 Å². The molecule has 2 aromatic heterocycles. The normalized spacial score (nSPS) is 13.2. The molecule has 0 amide bonds. The van der Waals surface area contributed by atoms with Crippen molar-refractivity contribution in [2.45, 2.75) is 113 Å². The summed E-state index contributed by atoms with van der Waals surface area (Å²) < 4.78 is 25.8. The summed E-state index contributed by atoms with van der Waals surface area (Å²) >= 11 is 0. The average molecular weight is 1040 g/mol. The van der Waals surface area contributed by atoms with Crippen LogP contribution in [-0.2, 0) is 31.9 Å². The van der Waals surface area contributed by atoms with Crippen molar-refractivity contribution >= 4 is 11.0 Å². The van der Waals surface area contributed by atoms with Crippen molar-refractivity contribution in [2.24, 2.45) is 5.41 Å². The van der Waals surface area contributed by atoms with E-state index in [0.717, 1.165) is 78.0 Å². The largest absolute Gasteiger partial charge is 0.507 e. The van der Waals surface area contributed by atoms with Crippen LogP contribution in [0.2, 0.25) is 0 Å². The predicted molar refractivity (Wildman–Crippen MR) is 271 cm³/mol. The molecule has 0 radical (unpaired) electrons. The van der Waals surface area contributed by atoms with Crippen molar-refractivity contribution in [3.8, 4) is 67.5 Å². The molecule has 6 aromatic carbocycles. The molecule has 0 atom stereocenters. The van der Waals surface area contributed by atoms with Crippen LogP contribution in [0, 0.1) is 18.3 Å². The van der Waals surface area contributed by atoms with Crippen LogP contribution in [0.5, 0.6) is 5.75 Å². The molecule has 0 aliphatic rings. The molecule has 0 saturated carbocycles. The van der Waals surface area contributed by atoms with Gasteiger partial charge in [0.25, 0.3) is 0 Å². The molecule has 2 heterocycles. The fourth-order valence-electron chi connectivity index (χ4n) is 8.47. The van der Waals surface area contributed by atoms with Crippen molar-refractivity contribution in [2.75, 3.05) is 0 Å². The van der Waals surface area contributed by atoms with E-state index in [-0.39, 0.29) is 54.9 Å². The van der Waals surface area contributed by atoms with E-state index >= 15 is 0 Å². The Morgan fingerprint density at radius 3 is 1.98 bits per heavy atom. The maximum atomic E-state index is 12.4. The van der Waals surface area contributed by atoms with Gasteiger partial charge in [0, 0.05) is 42.6 Å². The van der Waals surface area contributed by atoms with Gasteiger partial charge in [-0.25, -0.2) is 4.98 Å². The molecular formula is C60H64N3OPt-. The first-order chi connectivity index (χ1) is 31.4.